The lowest BCUT2D eigenvalue weighted by Gasteiger charge is -2.24. The third-order valence-electron chi connectivity index (χ3n) is 3.01. The molecular weight excluding hydrogens is 340 g/mol. The van der Waals surface area contributed by atoms with Crippen LogP contribution in [0.1, 0.15) is 24.4 Å². The number of nitrogens with zero attached hydrogens (tertiary/aromatic N) is 1. The molecule has 0 amide bonds. The lowest BCUT2D eigenvalue weighted by Crippen LogP contribution is -2.35. The van der Waals surface area contributed by atoms with E-state index in [1.165, 1.54) is 7.11 Å². The first kappa shape index (κ1) is 15.3. The van der Waals surface area contributed by atoms with E-state index in [-0.39, 0.29) is 11.3 Å². The molecule has 0 aliphatic rings. The number of methoxy groups -OCH3 is 1. The first-order valence-corrected chi connectivity index (χ1v) is 7.81. The van der Waals surface area contributed by atoms with E-state index in [0.29, 0.717) is 16.8 Å². The highest BCUT2D eigenvalue weighted by atomic mass is 79.9. The fraction of sp³-hybridized carbons (Fsp3) is 0.357. The first-order valence-electron chi connectivity index (χ1n) is 6.14. The van der Waals surface area contributed by atoms with Crippen LogP contribution in [0.15, 0.2) is 28.2 Å². The van der Waals surface area contributed by atoms with Crippen LogP contribution in [0.3, 0.4) is 0 Å². The van der Waals surface area contributed by atoms with Gasteiger partial charge in [0, 0.05) is 18.1 Å². The fourth-order valence-electron chi connectivity index (χ4n) is 1.82. The summed E-state index contributed by atoms with van der Waals surface area (Å²) in [6.45, 7) is 4.85. The Kier molecular flexibility index (Phi) is 4.67. The molecule has 20 heavy (non-hydrogen) atoms. The number of phenols is 1. The van der Waals surface area contributed by atoms with E-state index in [1.807, 2.05) is 23.7 Å². The zero-order valence-corrected chi connectivity index (χ0v) is 14.0. The quantitative estimate of drug-likeness (QED) is 0.858. The molecule has 0 saturated heterocycles. The lowest BCUT2D eigenvalue weighted by molar-refractivity contribution is 0.369. The molecule has 6 heteroatoms. The molecule has 0 radical (unpaired) electrons. The fourth-order valence-corrected chi connectivity index (χ4v) is 3.04. The van der Waals surface area contributed by atoms with Gasteiger partial charge in [0.1, 0.15) is 5.01 Å². The minimum atomic E-state index is -0.203. The predicted molar refractivity (Wildman–Crippen MR) is 84.3 cm³/mol. The van der Waals surface area contributed by atoms with E-state index < -0.39 is 0 Å². The molecule has 4 nitrogen and oxygen atoms in total. The standard InChI is InChI=1S/C14H17BrN2O2S/c1-14(2,13-16-4-5-20-13)17-8-9-6-10(15)12(18)11(7-9)19-3/h4-7,17-18H,8H2,1-3H3. The number of benzene rings is 1. The van der Waals surface area contributed by atoms with Crippen LogP contribution in [0.4, 0.5) is 0 Å². The molecule has 0 aliphatic heterocycles. The minimum Gasteiger partial charge on any atom is -0.503 e. The van der Waals surface area contributed by atoms with E-state index in [9.17, 15) is 5.11 Å². The first-order chi connectivity index (χ1) is 9.44. The molecule has 0 aliphatic carbocycles. The Morgan fingerprint density at radius 1 is 1.45 bits per heavy atom. The summed E-state index contributed by atoms with van der Waals surface area (Å²) in [7, 11) is 1.54. The molecule has 2 rings (SSSR count). The number of rotatable bonds is 5. The molecule has 2 N–H and O–H groups in total. The SMILES string of the molecule is COc1cc(CNC(C)(C)c2nccs2)cc(Br)c1O. The minimum absolute atomic E-state index is 0.121. The number of ether oxygens (including phenoxy) is 1. The number of hydrogen-bond acceptors (Lipinski definition) is 5. The Balaban J connectivity index is 2.13. The Labute approximate surface area is 130 Å². The molecule has 0 bridgehead atoms. The Hall–Kier alpha value is -1.11. The van der Waals surface area contributed by atoms with Gasteiger partial charge in [-0.1, -0.05) is 0 Å². The Bertz CT molecular complexity index is 585. The Morgan fingerprint density at radius 2 is 2.20 bits per heavy atom. The van der Waals surface area contributed by atoms with Crippen molar-refractivity contribution in [2.24, 2.45) is 0 Å². The molecule has 2 aromatic rings. The number of halogens is 1. The average Bonchev–Trinajstić information content (AvgIpc) is 2.95. The second-order valence-corrected chi connectivity index (χ2v) is 6.69. The summed E-state index contributed by atoms with van der Waals surface area (Å²) in [5.41, 5.74) is 0.822. The van der Waals surface area contributed by atoms with Crippen LogP contribution in [0, 0.1) is 0 Å². The topological polar surface area (TPSA) is 54.4 Å². The largest absolute Gasteiger partial charge is 0.503 e. The summed E-state index contributed by atoms with van der Waals surface area (Å²) in [5.74, 6) is 0.582. The molecule has 0 saturated carbocycles. The molecule has 1 aromatic carbocycles. The summed E-state index contributed by atoms with van der Waals surface area (Å²) < 4.78 is 5.78. The molecule has 0 atom stereocenters. The lowest BCUT2D eigenvalue weighted by atomic mass is 10.1. The molecule has 0 spiro atoms. The molecule has 1 aromatic heterocycles. The van der Waals surface area contributed by atoms with Crippen molar-refractivity contribution in [1.82, 2.24) is 10.3 Å². The van der Waals surface area contributed by atoms with E-state index in [2.05, 4.69) is 40.1 Å². The summed E-state index contributed by atoms with van der Waals surface area (Å²) in [4.78, 5) is 4.35. The molecule has 1 heterocycles. The molecule has 0 unspecified atom stereocenters. The highest BCUT2D eigenvalue weighted by molar-refractivity contribution is 9.10. The number of phenolic OH excluding ortho intramolecular Hbond substituents is 1. The van der Waals surface area contributed by atoms with Gasteiger partial charge < -0.3 is 15.2 Å². The van der Waals surface area contributed by atoms with Crippen LogP contribution < -0.4 is 10.1 Å². The van der Waals surface area contributed by atoms with Gasteiger partial charge in [0.2, 0.25) is 0 Å². The second-order valence-electron chi connectivity index (χ2n) is 4.94. The van der Waals surface area contributed by atoms with Gasteiger partial charge in [-0.2, -0.15) is 0 Å². The summed E-state index contributed by atoms with van der Waals surface area (Å²) in [5, 5.41) is 16.3. The second kappa shape index (κ2) is 6.11. The van der Waals surface area contributed by atoms with Crippen molar-refractivity contribution < 1.29 is 9.84 Å². The van der Waals surface area contributed by atoms with E-state index in [4.69, 9.17) is 4.74 Å². The van der Waals surface area contributed by atoms with Crippen LogP contribution in [0.25, 0.3) is 0 Å². The maximum absolute atomic E-state index is 9.80. The number of aromatic nitrogens is 1. The van der Waals surface area contributed by atoms with Gasteiger partial charge in [-0.3, -0.25) is 0 Å². The monoisotopic (exact) mass is 356 g/mol. The molecular formula is C14H17BrN2O2S. The number of hydrogen-bond donors (Lipinski definition) is 2. The van der Waals surface area contributed by atoms with Crippen LogP contribution in [-0.2, 0) is 12.1 Å². The maximum atomic E-state index is 9.80. The van der Waals surface area contributed by atoms with Crippen molar-refractivity contribution in [2.75, 3.05) is 7.11 Å². The van der Waals surface area contributed by atoms with Gasteiger partial charge in [0.15, 0.2) is 11.5 Å². The normalized spacial score (nSPS) is 11.6. The van der Waals surface area contributed by atoms with Crippen molar-refractivity contribution in [2.45, 2.75) is 25.9 Å². The van der Waals surface area contributed by atoms with Crippen molar-refractivity contribution >= 4 is 27.3 Å². The third kappa shape index (κ3) is 3.31. The van der Waals surface area contributed by atoms with Crippen LogP contribution in [0.2, 0.25) is 0 Å². The van der Waals surface area contributed by atoms with E-state index >= 15 is 0 Å². The van der Waals surface area contributed by atoms with Gasteiger partial charge in [-0.15, -0.1) is 11.3 Å². The van der Waals surface area contributed by atoms with Crippen molar-refractivity contribution in [3.8, 4) is 11.5 Å². The van der Waals surface area contributed by atoms with Gasteiger partial charge in [-0.25, -0.2) is 4.98 Å². The van der Waals surface area contributed by atoms with Crippen LogP contribution >= 0.6 is 27.3 Å². The molecule has 0 fully saturated rings. The molecule has 108 valence electrons. The third-order valence-corrected chi connectivity index (χ3v) is 4.71. The number of nitrogens with one attached hydrogen (secondary N) is 1. The summed E-state index contributed by atoms with van der Waals surface area (Å²) in [6.07, 6.45) is 1.81. The zero-order valence-electron chi connectivity index (χ0n) is 11.6. The number of thiazole rings is 1. The number of aromatic hydroxyl groups is 1. The Morgan fingerprint density at radius 3 is 2.80 bits per heavy atom. The van der Waals surface area contributed by atoms with Gasteiger partial charge in [0.25, 0.3) is 0 Å². The van der Waals surface area contributed by atoms with Crippen LogP contribution in [0.5, 0.6) is 11.5 Å². The summed E-state index contributed by atoms with van der Waals surface area (Å²) in [6, 6.07) is 3.70. The smallest absolute Gasteiger partial charge is 0.172 e. The van der Waals surface area contributed by atoms with Gasteiger partial charge in [-0.05, 0) is 47.5 Å². The van der Waals surface area contributed by atoms with E-state index in [1.54, 1.807) is 11.3 Å². The van der Waals surface area contributed by atoms with Crippen molar-refractivity contribution in [3.63, 3.8) is 0 Å². The highest BCUT2D eigenvalue weighted by Gasteiger charge is 2.22. The maximum Gasteiger partial charge on any atom is 0.172 e. The van der Waals surface area contributed by atoms with Crippen LogP contribution in [-0.4, -0.2) is 17.2 Å². The van der Waals surface area contributed by atoms with Gasteiger partial charge >= 0.3 is 0 Å². The highest BCUT2D eigenvalue weighted by Crippen LogP contribution is 2.35. The van der Waals surface area contributed by atoms with E-state index in [0.717, 1.165) is 10.6 Å². The predicted octanol–water partition coefficient (Wildman–Crippen LogP) is 3.64. The zero-order chi connectivity index (χ0) is 14.8. The van der Waals surface area contributed by atoms with Crippen molar-refractivity contribution in [1.29, 1.82) is 0 Å². The van der Waals surface area contributed by atoms with Crippen molar-refractivity contribution in [3.05, 3.63) is 38.8 Å². The average molecular weight is 357 g/mol. The van der Waals surface area contributed by atoms with Gasteiger partial charge in [0.05, 0.1) is 17.1 Å². The summed E-state index contributed by atoms with van der Waals surface area (Å²) >= 11 is 4.96.